The fourth-order valence-corrected chi connectivity index (χ4v) is 2.43. The quantitative estimate of drug-likeness (QED) is 0.312. The first kappa shape index (κ1) is 18.4. The highest BCUT2D eigenvalue weighted by Crippen LogP contribution is 2.09. The summed E-state index contributed by atoms with van der Waals surface area (Å²) in [5.74, 6) is -0.988. The summed E-state index contributed by atoms with van der Waals surface area (Å²) in [5, 5.41) is 17.5. The van der Waals surface area contributed by atoms with E-state index in [0.29, 0.717) is 12.2 Å². The minimum atomic E-state index is -0.515. The summed E-state index contributed by atoms with van der Waals surface area (Å²) >= 11 is 0. The van der Waals surface area contributed by atoms with E-state index in [1.54, 1.807) is 30.3 Å². The molecule has 0 aromatic heterocycles. The lowest BCUT2D eigenvalue weighted by Crippen LogP contribution is -2.46. The van der Waals surface area contributed by atoms with Crippen molar-refractivity contribution >= 4 is 17.5 Å². The molecule has 0 radical (unpaired) electrons. The smallest absolute Gasteiger partial charge is 0.263 e. The standard InChI is InChI=1S/C17H22N6O2/c18-11-13(12-22-17(25)14-3-1-2-4-15(14)19)16(24)21-7-10-23-8-5-20-6-9-23/h1-4,12,20H,5-10,19H2,(H,21,24)(H,22,25)/b13-12-. The van der Waals surface area contributed by atoms with Crippen molar-refractivity contribution in [3.63, 3.8) is 0 Å². The van der Waals surface area contributed by atoms with Gasteiger partial charge in [0.25, 0.3) is 11.8 Å². The molecule has 2 rings (SSSR count). The Bertz CT molecular complexity index is 689. The first-order valence-electron chi connectivity index (χ1n) is 8.08. The Balaban J connectivity index is 1.84. The van der Waals surface area contributed by atoms with Crippen molar-refractivity contribution in [2.24, 2.45) is 0 Å². The third-order valence-corrected chi connectivity index (χ3v) is 3.84. The number of hydrogen-bond acceptors (Lipinski definition) is 6. The molecule has 1 aliphatic heterocycles. The van der Waals surface area contributed by atoms with Gasteiger partial charge in [-0.2, -0.15) is 5.26 Å². The number of piperazine rings is 1. The molecule has 132 valence electrons. The van der Waals surface area contributed by atoms with Crippen LogP contribution in [0, 0.1) is 11.3 Å². The topological polar surface area (TPSA) is 123 Å². The average molecular weight is 342 g/mol. The molecule has 0 atom stereocenters. The monoisotopic (exact) mass is 342 g/mol. The Hall–Kier alpha value is -2.89. The number of carbonyl (C=O) groups excluding carboxylic acids is 2. The SMILES string of the molecule is N#C/C(=C/NC(=O)c1ccccc1N)C(=O)NCCN1CCNCC1. The number of rotatable bonds is 6. The van der Waals surface area contributed by atoms with Gasteiger partial charge in [0.15, 0.2) is 0 Å². The molecule has 0 unspecified atom stereocenters. The third kappa shape index (κ3) is 5.60. The largest absolute Gasteiger partial charge is 0.398 e. The van der Waals surface area contributed by atoms with Crippen molar-refractivity contribution in [3.05, 3.63) is 41.6 Å². The normalized spacial score (nSPS) is 15.2. The molecule has 0 saturated carbocycles. The molecule has 0 aliphatic carbocycles. The second-order valence-electron chi connectivity index (χ2n) is 5.58. The van der Waals surface area contributed by atoms with Crippen LogP contribution >= 0.6 is 0 Å². The van der Waals surface area contributed by atoms with Crippen LogP contribution in [0.2, 0.25) is 0 Å². The number of nitrogen functional groups attached to an aromatic ring is 1. The Morgan fingerprint density at radius 1 is 1.32 bits per heavy atom. The summed E-state index contributed by atoms with van der Waals surface area (Å²) in [5.41, 5.74) is 6.17. The molecule has 8 nitrogen and oxygen atoms in total. The molecular weight excluding hydrogens is 320 g/mol. The summed E-state index contributed by atoms with van der Waals surface area (Å²) in [6.07, 6.45) is 1.11. The van der Waals surface area contributed by atoms with Crippen LogP contribution < -0.4 is 21.7 Å². The summed E-state index contributed by atoms with van der Waals surface area (Å²) < 4.78 is 0. The average Bonchev–Trinajstić information content (AvgIpc) is 2.63. The van der Waals surface area contributed by atoms with Gasteiger partial charge in [-0.05, 0) is 12.1 Å². The predicted octanol–water partition coefficient (Wildman–Crippen LogP) is -0.573. The van der Waals surface area contributed by atoms with Crippen LogP contribution in [0.25, 0.3) is 0 Å². The molecule has 1 aromatic carbocycles. The molecule has 1 aliphatic rings. The third-order valence-electron chi connectivity index (χ3n) is 3.84. The molecule has 1 saturated heterocycles. The van der Waals surface area contributed by atoms with Gasteiger partial charge in [0, 0.05) is 51.2 Å². The van der Waals surface area contributed by atoms with Crippen LogP contribution in [0.5, 0.6) is 0 Å². The van der Waals surface area contributed by atoms with Gasteiger partial charge in [0.05, 0.1) is 5.56 Å². The van der Waals surface area contributed by atoms with Crippen molar-refractivity contribution in [2.45, 2.75) is 0 Å². The molecule has 25 heavy (non-hydrogen) atoms. The fourth-order valence-electron chi connectivity index (χ4n) is 2.43. The number of nitrogens with one attached hydrogen (secondary N) is 3. The minimum Gasteiger partial charge on any atom is -0.398 e. The van der Waals surface area contributed by atoms with Gasteiger partial charge in [-0.3, -0.25) is 14.5 Å². The maximum atomic E-state index is 12.0. The molecule has 1 fully saturated rings. The van der Waals surface area contributed by atoms with Crippen LogP contribution in [-0.4, -0.2) is 56.0 Å². The fraction of sp³-hybridized carbons (Fsp3) is 0.353. The summed E-state index contributed by atoms with van der Waals surface area (Å²) in [6, 6.07) is 8.36. The number of nitriles is 1. The summed E-state index contributed by atoms with van der Waals surface area (Å²) in [4.78, 5) is 26.3. The van der Waals surface area contributed by atoms with Crippen molar-refractivity contribution in [2.75, 3.05) is 45.0 Å². The van der Waals surface area contributed by atoms with E-state index in [1.807, 2.05) is 0 Å². The van der Waals surface area contributed by atoms with Crippen LogP contribution in [0.1, 0.15) is 10.4 Å². The van der Waals surface area contributed by atoms with Gasteiger partial charge in [0.2, 0.25) is 0 Å². The number of nitrogens with zero attached hydrogens (tertiary/aromatic N) is 2. The number of para-hydroxylation sites is 1. The zero-order valence-electron chi connectivity index (χ0n) is 13.9. The van der Waals surface area contributed by atoms with Crippen molar-refractivity contribution < 1.29 is 9.59 Å². The van der Waals surface area contributed by atoms with E-state index in [4.69, 9.17) is 11.0 Å². The lowest BCUT2D eigenvalue weighted by Gasteiger charge is -2.27. The number of nitrogens with two attached hydrogens (primary N) is 1. The summed E-state index contributed by atoms with van der Waals surface area (Å²) in [7, 11) is 0. The van der Waals surface area contributed by atoms with Crippen molar-refractivity contribution in [1.29, 1.82) is 5.26 Å². The van der Waals surface area contributed by atoms with E-state index >= 15 is 0 Å². The van der Waals surface area contributed by atoms with E-state index in [2.05, 4.69) is 20.9 Å². The van der Waals surface area contributed by atoms with E-state index in [0.717, 1.165) is 38.9 Å². The molecule has 0 spiro atoms. The number of anilines is 1. The van der Waals surface area contributed by atoms with Crippen molar-refractivity contribution in [1.82, 2.24) is 20.9 Å². The van der Waals surface area contributed by atoms with E-state index in [-0.39, 0.29) is 11.1 Å². The van der Waals surface area contributed by atoms with Gasteiger partial charge < -0.3 is 21.7 Å². The van der Waals surface area contributed by atoms with Crippen molar-refractivity contribution in [3.8, 4) is 6.07 Å². The highest BCUT2D eigenvalue weighted by atomic mass is 16.2. The molecule has 0 bridgehead atoms. The maximum Gasteiger partial charge on any atom is 0.263 e. The zero-order valence-corrected chi connectivity index (χ0v) is 13.9. The van der Waals surface area contributed by atoms with E-state index < -0.39 is 11.8 Å². The lowest BCUT2D eigenvalue weighted by molar-refractivity contribution is -0.117. The molecule has 5 N–H and O–H groups in total. The second-order valence-corrected chi connectivity index (χ2v) is 5.58. The second kappa shape index (κ2) is 9.42. The van der Waals surface area contributed by atoms with Gasteiger partial charge >= 0.3 is 0 Å². The van der Waals surface area contributed by atoms with E-state index in [1.165, 1.54) is 0 Å². The lowest BCUT2D eigenvalue weighted by atomic mass is 10.1. The Morgan fingerprint density at radius 3 is 2.72 bits per heavy atom. The van der Waals surface area contributed by atoms with E-state index in [9.17, 15) is 9.59 Å². The number of hydrogen-bond donors (Lipinski definition) is 4. The number of benzene rings is 1. The maximum absolute atomic E-state index is 12.0. The number of carbonyl (C=O) groups is 2. The van der Waals surface area contributed by atoms with Crippen LogP contribution in [0.15, 0.2) is 36.0 Å². The first-order chi connectivity index (χ1) is 12.1. The van der Waals surface area contributed by atoms with Gasteiger partial charge in [-0.15, -0.1) is 0 Å². The van der Waals surface area contributed by atoms with Crippen LogP contribution in [-0.2, 0) is 4.79 Å². The van der Waals surface area contributed by atoms with Gasteiger partial charge in [-0.1, -0.05) is 12.1 Å². The van der Waals surface area contributed by atoms with Crippen LogP contribution in [0.4, 0.5) is 5.69 Å². The molecule has 1 aromatic rings. The number of amides is 2. The molecular formula is C17H22N6O2. The highest BCUT2D eigenvalue weighted by molar-refractivity contribution is 6.01. The Kier molecular flexibility index (Phi) is 6.95. The first-order valence-corrected chi connectivity index (χ1v) is 8.08. The highest BCUT2D eigenvalue weighted by Gasteiger charge is 2.13. The Morgan fingerprint density at radius 2 is 2.04 bits per heavy atom. The predicted molar refractivity (Wildman–Crippen MR) is 94.3 cm³/mol. The molecule has 8 heteroatoms. The molecule has 1 heterocycles. The summed E-state index contributed by atoms with van der Waals surface area (Å²) in [6.45, 7) is 4.91. The van der Waals surface area contributed by atoms with Gasteiger partial charge in [0.1, 0.15) is 11.6 Å². The van der Waals surface area contributed by atoms with Gasteiger partial charge in [-0.25, -0.2) is 0 Å². The zero-order chi connectivity index (χ0) is 18.1. The molecule has 2 amide bonds. The minimum absolute atomic E-state index is 0.164. The Labute approximate surface area is 146 Å². The van der Waals surface area contributed by atoms with Crippen LogP contribution in [0.3, 0.4) is 0 Å².